The molecule has 0 aliphatic rings. The quantitative estimate of drug-likeness (QED) is 0.529. The molecular formula is C11H14OS. The first kappa shape index (κ1) is 10.3. The maximum absolute atomic E-state index is 10.1. The molecule has 0 radical (unpaired) electrons. The second-order valence-corrected chi connectivity index (χ2v) is 4.12. The van der Waals surface area contributed by atoms with E-state index in [0.717, 1.165) is 18.5 Å². The Labute approximate surface area is 83.5 Å². The molecule has 0 fully saturated rings. The Kier molecular flexibility index (Phi) is 4.61. The van der Waals surface area contributed by atoms with E-state index in [9.17, 15) is 4.79 Å². The van der Waals surface area contributed by atoms with Crippen LogP contribution in [0.4, 0.5) is 0 Å². The van der Waals surface area contributed by atoms with Gasteiger partial charge in [-0.05, 0) is 29.9 Å². The lowest BCUT2D eigenvalue weighted by Gasteiger charge is -2.00. The van der Waals surface area contributed by atoms with Crippen LogP contribution in [0.25, 0.3) is 0 Å². The number of hydrogen-bond donors (Lipinski definition) is 0. The van der Waals surface area contributed by atoms with Crippen molar-refractivity contribution in [3.8, 4) is 0 Å². The molecule has 0 aliphatic carbocycles. The predicted octanol–water partition coefficient (Wildman–Crippen LogP) is 2.93. The third kappa shape index (κ3) is 3.64. The van der Waals surface area contributed by atoms with Crippen LogP contribution in [0.3, 0.4) is 0 Å². The minimum absolute atomic E-state index is 0.625. The molecule has 1 aromatic carbocycles. The van der Waals surface area contributed by atoms with Gasteiger partial charge in [-0.2, -0.15) is 0 Å². The topological polar surface area (TPSA) is 17.1 Å². The Morgan fingerprint density at radius 1 is 1.31 bits per heavy atom. The van der Waals surface area contributed by atoms with Gasteiger partial charge in [0.2, 0.25) is 0 Å². The molecule has 1 aromatic rings. The van der Waals surface area contributed by atoms with Crippen LogP contribution in [0.15, 0.2) is 29.2 Å². The maximum atomic E-state index is 10.1. The molecule has 1 rings (SSSR count). The van der Waals surface area contributed by atoms with Crippen LogP contribution in [0.5, 0.6) is 0 Å². The highest BCUT2D eigenvalue weighted by Crippen LogP contribution is 2.17. The molecule has 13 heavy (non-hydrogen) atoms. The van der Waals surface area contributed by atoms with Gasteiger partial charge < -0.3 is 4.79 Å². The molecule has 0 saturated heterocycles. The van der Waals surface area contributed by atoms with Gasteiger partial charge in [-0.3, -0.25) is 0 Å². The molecule has 0 atom stereocenters. The second-order valence-electron chi connectivity index (χ2n) is 2.78. The number of aryl methyl sites for hydroxylation is 1. The Bertz CT molecular complexity index is 253. The lowest BCUT2D eigenvalue weighted by Crippen LogP contribution is -1.85. The van der Waals surface area contributed by atoms with E-state index in [0.29, 0.717) is 6.42 Å². The van der Waals surface area contributed by atoms with Crippen molar-refractivity contribution in [2.45, 2.75) is 24.7 Å². The van der Waals surface area contributed by atoms with Gasteiger partial charge in [0, 0.05) is 11.3 Å². The normalized spacial score (nSPS) is 9.92. The van der Waals surface area contributed by atoms with Crippen LogP contribution in [-0.2, 0) is 11.2 Å². The smallest absolute Gasteiger partial charge is 0.120 e. The van der Waals surface area contributed by atoms with Gasteiger partial charge in [-0.1, -0.05) is 19.1 Å². The highest BCUT2D eigenvalue weighted by atomic mass is 32.2. The highest BCUT2D eigenvalue weighted by Gasteiger charge is 1.93. The average molecular weight is 194 g/mol. The molecular weight excluding hydrogens is 180 g/mol. The monoisotopic (exact) mass is 194 g/mol. The lowest BCUT2D eigenvalue weighted by molar-refractivity contribution is -0.107. The van der Waals surface area contributed by atoms with Crippen molar-refractivity contribution in [3.63, 3.8) is 0 Å². The molecule has 0 aromatic heterocycles. The fourth-order valence-corrected chi connectivity index (χ4v) is 1.81. The largest absolute Gasteiger partial charge is 0.303 e. The van der Waals surface area contributed by atoms with Gasteiger partial charge >= 0.3 is 0 Å². The lowest BCUT2D eigenvalue weighted by atomic mass is 10.1. The molecule has 0 saturated carbocycles. The summed E-state index contributed by atoms with van der Waals surface area (Å²) in [6.45, 7) is 2.14. The van der Waals surface area contributed by atoms with Crippen LogP contribution in [-0.4, -0.2) is 12.0 Å². The fraction of sp³-hybridized carbons (Fsp3) is 0.364. The third-order valence-corrected chi connectivity index (χ3v) is 2.68. The Hall–Kier alpha value is -0.760. The van der Waals surface area contributed by atoms with E-state index in [-0.39, 0.29) is 0 Å². The zero-order valence-corrected chi connectivity index (χ0v) is 8.64. The molecule has 0 aliphatic heterocycles. The van der Waals surface area contributed by atoms with E-state index in [1.165, 1.54) is 10.5 Å². The van der Waals surface area contributed by atoms with Crippen molar-refractivity contribution in [1.82, 2.24) is 0 Å². The van der Waals surface area contributed by atoms with E-state index >= 15 is 0 Å². The van der Waals surface area contributed by atoms with Crippen molar-refractivity contribution < 1.29 is 4.79 Å². The van der Waals surface area contributed by atoms with Gasteiger partial charge in [0.15, 0.2) is 0 Å². The Morgan fingerprint density at radius 3 is 2.54 bits per heavy atom. The van der Waals surface area contributed by atoms with Gasteiger partial charge in [0.25, 0.3) is 0 Å². The summed E-state index contributed by atoms with van der Waals surface area (Å²) in [5.74, 6) is 1.10. The first-order valence-corrected chi connectivity index (χ1v) is 5.50. The van der Waals surface area contributed by atoms with E-state index in [4.69, 9.17) is 0 Å². The minimum atomic E-state index is 0.625. The highest BCUT2D eigenvalue weighted by molar-refractivity contribution is 7.99. The Morgan fingerprint density at radius 2 is 2.00 bits per heavy atom. The number of rotatable bonds is 5. The summed E-state index contributed by atoms with van der Waals surface area (Å²) in [4.78, 5) is 11.4. The zero-order chi connectivity index (χ0) is 9.52. The summed E-state index contributed by atoms with van der Waals surface area (Å²) in [7, 11) is 0. The van der Waals surface area contributed by atoms with Gasteiger partial charge in [-0.15, -0.1) is 11.8 Å². The molecule has 0 bridgehead atoms. The summed E-state index contributed by atoms with van der Waals surface area (Å²) in [6.07, 6.45) is 2.45. The average Bonchev–Trinajstić information content (AvgIpc) is 2.17. The molecule has 1 nitrogen and oxygen atoms in total. The third-order valence-electron chi connectivity index (χ3n) is 1.79. The van der Waals surface area contributed by atoms with Crippen molar-refractivity contribution >= 4 is 18.0 Å². The van der Waals surface area contributed by atoms with E-state index in [2.05, 4.69) is 31.2 Å². The summed E-state index contributed by atoms with van der Waals surface area (Å²) in [5, 5.41) is 0. The van der Waals surface area contributed by atoms with Gasteiger partial charge in [0.05, 0.1) is 0 Å². The number of thioether (sulfide) groups is 1. The van der Waals surface area contributed by atoms with Crippen molar-refractivity contribution in [2.75, 3.05) is 5.75 Å². The summed E-state index contributed by atoms with van der Waals surface area (Å²) in [5.41, 5.74) is 1.24. The number of carbonyl (C=O) groups excluding carboxylic acids is 1. The molecule has 0 N–H and O–H groups in total. The zero-order valence-electron chi connectivity index (χ0n) is 7.82. The molecule has 0 unspecified atom stereocenters. The minimum Gasteiger partial charge on any atom is -0.303 e. The summed E-state index contributed by atoms with van der Waals surface area (Å²) < 4.78 is 0. The fourth-order valence-electron chi connectivity index (χ4n) is 1.14. The van der Waals surface area contributed by atoms with Gasteiger partial charge in [0.1, 0.15) is 6.29 Å². The number of carbonyl (C=O) groups is 1. The van der Waals surface area contributed by atoms with Gasteiger partial charge in [-0.25, -0.2) is 0 Å². The van der Waals surface area contributed by atoms with Crippen molar-refractivity contribution in [2.24, 2.45) is 0 Å². The van der Waals surface area contributed by atoms with E-state index < -0.39 is 0 Å². The molecule has 0 amide bonds. The summed E-state index contributed by atoms with van der Waals surface area (Å²) >= 11 is 1.84. The molecule has 70 valence electrons. The SMILES string of the molecule is CCSc1ccc(CCC=O)cc1. The van der Waals surface area contributed by atoms with E-state index in [1.54, 1.807) is 0 Å². The summed E-state index contributed by atoms with van der Waals surface area (Å²) in [6, 6.07) is 8.44. The van der Waals surface area contributed by atoms with Crippen molar-refractivity contribution in [1.29, 1.82) is 0 Å². The van der Waals surface area contributed by atoms with Crippen LogP contribution in [0.2, 0.25) is 0 Å². The number of hydrogen-bond acceptors (Lipinski definition) is 2. The van der Waals surface area contributed by atoms with Crippen LogP contribution in [0, 0.1) is 0 Å². The first-order valence-electron chi connectivity index (χ1n) is 4.52. The van der Waals surface area contributed by atoms with E-state index in [1.807, 2.05) is 11.8 Å². The Balaban J connectivity index is 2.53. The van der Waals surface area contributed by atoms with Crippen LogP contribution >= 0.6 is 11.8 Å². The number of aldehydes is 1. The van der Waals surface area contributed by atoms with Crippen molar-refractivity contribution in [3.05, 3.63) is 29.8 Å². The standard InChI is InChI=1S/C11H14OS/c1-2-13-11-7-5-10(6-8-11)4-3-9-12/h5-9H,2-4H2,1H3. The van der Waals surface area contributed by atoms with Crippen LogP contribution < -0.4 is 0 Å². The second kappa shape index (κ2) is 5.81. The first-order chi connectivity index (χ1) is 6.36. The number of benzene rings is 1. The van der Waals surface area contributed by atoms with Crippen LogP contribution in [0.1, 0.15) is 18.9 Å². The molecule has 2 heteroatoms. The maximum Gasteiger partial charge on any atom is 0.120 e. The predicted molar refractivity (Wildman–Crippen MR) is 57.2 cm³/mol. The molecule has 0 spiro atoms. The molecule has 0 heterocycles.